The third-order valence-electron chi connectivity index (χ3n) is 10.7. The molecule has 11 rings (SSSR count). The fraction of sp³-hybridized carbons (Fsp3) is 0. The summed E-state index contributed by atoms with van der Waals surface area (Å²) in [6, 6.07) is 42.5. The number of hydrogen-bond acceptors (Lipinski definition) is 9. The van der Waals surface area contributed by atoms with Gasteiger partial charge in [-0.25, -0.2) is 0 Å². The van der Waals surface area contributed by atoms with Gasteiger partial charge in [-0.1, -0.05) is 11.8 Å². The van der Waals surface area contributed by atoms with E-state index in [1.807, 2.05) is 73.6 Å². The van der Waals surface area contributed by atoms with Crippen molar-refractivity contribution in [3.05, 3.63) is 171 Å². The van der Waals surface area contributed by atoms with Crippen LogP contribution in [0.2, 0.25) is 0 Å². The maximum atomic E-state index is 4.88. The molecule has 7 nitrogen and oxygen atoms in total. The highest BCUT2D eigenvalue weighted by Crippen LogP contribution is 2.40. The van der Waals surface area contributed by atoms with Gasteiger partial charge in [0.2, 0.25) is 0 Å². The number of fused-ring (bicyclic) bond motifs is 6. The first-order chi connectivity index (χ1) is 29.4. The molecule has 0 bridgehead atoms. The average Bonchev–Trinajstić information content (AvgIpc) is 3.79. The van der Waals surface area contributed by atoms with Crippen molar-refractivity contribution >= 4 is 93.5 Å². The van der Waals surface area contributed by atoms with Crippen molar-refractivity contribution in [1.82, 2.24) is 34.1 Å². The number of hydrogen-bond donors (Lipinski definition) is 3. The van der Waals surface area contributed by atoms with Crippen LogP contribution in [0.5, 0.6) is 0 Å². The van der Waals surface area contributed by atoms with E-state index in [9.17, 15) is 0 Å². The summed E-state index contributed by atoms with van der Waals surface area (Å²) in [7, 11) is 0. The standard InChI is InChI=1S/C49H31N7S4/c57-37-8-5-35(6-9-37)55-44-12-7-36(21-43(44)49-46(55)4-2-14-54-49)56-45-3-1-13-53-48(45)42-11-10-40(22-47(42)56)60-41-20-34(25-52-28-41)31-16-29(32-18-38(58)26-50-23-32)15-30(17-31)33-19-39(59)27-51-24-33/h1-28,57-59H. The molecule has 0 aliphatic heterocycles. The van der Waals surface area contributed by atoms with Gasteiger partial charge in [-0.2, -0.15) is 0 Å². The Morgan fingerprint density at radius 1 is 0.383 bits per heavy atom. The lowest BCUT2D eigenvalue weighted by atomic mass is 9.95. The zero-order valence-corrected chi connectivity index (χ0v) is 35.0. The van der Waals surface area contributed by atoms with Crippen molar-refractivity contribution in [2.45, 2.75) is 24.5 Å². The Hall–Kier alpha value is -6.37. The molecule has 11 aromatic rings. The first-order valence-electron chi connectivity index (χ1n) is 19.1. The number of benzene rings is 4. The Morgan fingerprint density at radius 2 is 0.950 bits per heavy atom. The Kier molecular flexibility index (Phi) is 9.19. The predicted octanol–water partition coefficient (Wildman–Crippen LogP) is 12.9. The lowest BCUT2D eigenvalue weighted by molar-refractivity contribution is 1.15. The van der Waals surface area contributed by atoms with Crippen LogP contribution in [-0.2, 0) is 0 Å². The fourth-order valence-corrected chi connectivity index (χ4v) is 9.50. The maximum absolute atomic E-state index is 4.88. The van der Waals surface area contributed by atoms with Gasteiger partial charge in [0.1, 0.15) is 0 Å². The molecular weight excluding hydrogens is 815 g/mol. The van der Waals surface area contributed by atoms with Gasteiger partial charge in [-0.15, -0.1) is 37.9 Å². The summed E-state index contributed by atoms with van der Waals surface area (Å²) in [6.07, 6.45) is 14.8. The van der Waals surface area contributed by atoms with E-state index in [4.69, 9.17) is 15.0 Å². The van der Waals surface area contributed by atoms with E-state index in [0.29, 0.717) is 0 Å². The second kappa shape index (κ2) is 15.0. The summed E-state index contributed by atoms with van der Waals surface area (Å²) in [6.45, 7) is 0. The van der Waals surface area contributed by atoms with Gasteiger partial charge in [0.05, 0.1) is 33.1 Å². The normalized spacial score (nSPS) is 11.7. The van der Waals surface area contributed by atoms with Crippen LogP contribution >= 0.6 is 49.6 Å². The van der Waals surface area contributed by atoms with E-state index in [2.05, 4.69) is 142 Å². The van der Waals surface area contributed by atoms with Crippen molar-refractivity contribution < 1.29 is 0 Å². The number of thiol groups is 3. The topological polar surface area (TPSA) is 74.3 Å². The van der Waals surface area contributed by atoms with Crippen LogP contribution in [0.15, 0.2) is 195 Å². The van der Waals surface area contributed by atoms with Crippen molar-refractivity contribution in [2.24, 2.45) is 0 Å². The van der Waals surface area contributed by atoms with Crippen LogP contribution < -0.4 is 0 Å². The highest BCUT2D eigenvalue weighted by Gasteiger charge is 2.18. The van der Waals surface area contributed by atoms with E-state index >= 15 is 0 Å². The Labute approximate surface area is 365 Å². The van der Waals surface area contributed by atoms with Crippen LogP contribution in [0, 0.1) is 0 Å². The van der Waals surface area contributed by atoms with Crippen LogP contribution in [0.25, 0.3) is 88.6 Å². The molecule has 0 unspecified atom stereocenters. The van der Waals surface area contributed by atoms with E-state index in [1.54, 1.807) is 24.2 Å². The monoisotopic (exact) mass is 845 g/mol. The van der Waals surface area contributed by atoms with E-state index in [0.717, 1.165) is 113 Å². The van der Waals surface area contributed by atoms with Crippen LogP contribution in [-0.4, -0.2) is 34.1 Å². The number of aromatic nitrogens is 7. The van der Waals surface area contributed by atoms with Gasteiger partial charge in [-0.05, 0) is 138 Å². The molecule has 4 aromatic carbocycles. The molecule has 0 spiro atoms. The van der Waals surface area contributed by atoms with Crippen LogP contribution in [0.4, 0.5) is 0 Å². The summed E-state index contributed by atoms with van der Waals surface area (Å²) in [5.74, 6) is 0. The third-order valence-corrected chi connectivity index (χ3v) is 12.4. The number of rotatable bonds is 7. The lowest BCUT2D eigenvalue weighted by Gasteiger charge is -2.12. The summed E-state index contributed by atoms with van der Waals surface area (Å²) < 4.78 is 4.58. The third kappa shape index (κ3) is 6.60. The molecule has 0 radical (unpaired) electrons. The van der Waals surface area contributed by atoms with Gasteiger partial charge >= 0.3 is 0 Å². The summed E-state index contributed by atoms with van der Waals surface area (Å²) >= 11 is 15.4. The Balaban J connectivity index is 1.01. The maximum Gasteiger partial charge on any atom is 0.0964 e. The van der Waals surface area contributed by atoms with Gasteiger partial charge < -0.3 is 9.13 Å². The number of nitrogens with zero attached hydrogens (tertiary/aromatic N) is 7. The molecule has 7 aromatic heterocycles. The fourth-order valence-electron chi connectivity index (χ4n) is 8.06. The summed E-state index contributed by atoms with van der Waals surface area (Å²) in [4.78, 5) is 27.9. The Morgan fingerprint density at radius 3 is 1.58 bits per heavy atom. The van der Waals surface area contributed by atoms with Crippen LogP contribution in [0.1, 0.15) is 0 Å². The van der Waals surface area contributed by atoms with Gasteiger partial charge in [0, 0.05) is 113 Å². The molecule has 11 heteroatoms. The first-order valence-corrected chi connectivity index (χ1v) is 21.2. The molecule has 0 saturated carbocycles. The van der Waals surface area contributed by atoms with Crippen molar-refractivity contribution in [3.8, 4) is 44.8 Å². The predicted molar refractivity (Wildman–Crippen MR) is 253 cm³/mol. The van der Waals surface area contributed by atoms with Gasteiger partial charge in [0.15, 0.2) is 0 Å². The highest BCUT2D eigenvalue weighted by molar-refractivity contribution is 7.99. The van der Waals surface area contributed by atoms with E-state index in [1.165, 1.54) is 0 Å². The highest BCUT2D eigenvalue weighted by atomic mass is 32.2. The molecule has 286 valence electrons. The zero-order valence-electron chi connectivity index (χ0n) is 31.5. The minimum atomic E-state index is 0.798. The quantitative estimate of drug-likeness (QED) is 0.139. The molecular formula is C49H31N7S4. The molecule has 0 aliphatic rings. The smallest absolute Gasteiger partial charge is 0.0964 e. The minimum absolute atomic E-state index is 0.798. The van der Waals surface area contributed by atoms with Crippen molar-refractivity contribution in [1.29, 1.82) is 0 Å². The van der Waals surface area contributed by atoms with Crippen molar-refractivity contribution in [3.63, 3.8) is 0 Å². The molecule has 0 N–H and O–H groups in total. The molecule has 60 heavy (non-hydrogen) atoms. The van der Waals surface area contributed by atoms with E-state index in [-0.39, 0.29) is 0 Å². The molecule has 0 aliphatic carbocycles. The molecule has 0 fully saturated rings. The van der Waals surface area contributed by atoms with Crippen LogP contribution in [0.3, 0.4) is 0 Å². The Bertz CT molecular complexity index is 3400. The lowest BCUT2D eigenvalue weighted by Crippen LogP contribution is -1.96. The second-order valence-electron chi connectivity index (χ2n) is 14.5. The molecule has 0 amide bonds. The average molecular weight is 846 g/mol. The minimum Gasteiger partial charge on any atom is -0.308 e. The van der Waals surface area contributed by atoms with Gasteiger partial charge in [-0.3, -0.25) is 24.9 Å². The van der Waals surface area contributed by atoms with Gasteiger partial charge in [0.25, 0.3) is 0 Å². The molecule has 0 atom stereocenters. The molecule has 0 saturated heterocycles. The summed E-state index contributed by atoms with van der Waals surface area (Å²) in [5.41, 5.74) is 14.2. The van der Waals surface area contributed by atoms with Crippen molar-refractivity contribution in [2.75, 3.05) is 0 Å². The van der Waals surface area contributed by atoms with E-state index < -0.39 is 0 Å². The first kappa shape index (κ1) is 36.7. The SMILES string of the molecule is Sc1ccc(-n2c3ccc(-n4c5cc(Sc6cncc(-c7cc(-c8cncc(S)c8)cc(-c8cncc(S)c8)c7)c6)ccc5c5ncccc54)cc3c3ncccc32)cc1. The summed E-state index contributed by atoms with van der Waals surface area (Å²) in [5, 5.41) is 2.15. The second-order valence-corrected chi connectivity index (χ2v) is 17.2. The molecule has 7 heterocycles. The largest absolute Gasteiger partial charge is 0.308 e. The zero-order chi connectivity index (χ0) is 40.3. The number of pyridine rings is 5.